The summed E-state index contributed by atoms with van der Waals surface area (Å²) in [6.45, 7) is 0.496. The number of halogens is 3. The molecule has 17 heavy (non-hydrogen) atoms. The van der Waals surface area contributed by atoms with E-state index in [0.29, 0.717) is 29.2 Å². The zero-order chi connectivity index (χ0) is 12.4. The van der Waals surface area contributed by atoms with Gasteiger partial charge in [0.25, 0.3) is 0 Å². The fourth-order valence-electron chi connectivity index (χ4n) is 1.49. The van der Waals surface area contributed by atoms with Gasteiger partial charge in [-0.1, -0.05) is 23.2 Å². The molecule has 0 fully saturated rings. The highest BCUT2D eigenvalue weighted by Crippen LogP contribution is 2.31. The molecule has 0 aliphatic heterocycles. The maximum Gasteiger partial charge on any atom is 0.142 e. The molecule has 3 nitrogen and oxygen atoms in total. The summed E-state index contributed by atoms with van der Waals surface area (Å²) in [5.74, 6) is 0.231. The monoisotopic (exact) mass is 273 g/mol. The van der Waals surface area contributed by atoms with E-state index in [0.717, 1.165) is 5.82 Å². The Kier molecular flexibility index (Phi) is 3.66. The number of imidazole rings is 1. The van der Waals surface area contributed by atoms with Crippen LogP contribution < -0.4 is 5.73 Å². The summed E-state index contributed by atoms with van der Waals surface area (Å²) < 4.78 is 13.4. The number of aromatic amines is 1. The molecule has 0 unspecified atom stereocenters. The van der Waals surface area contributed by atoms with E-state index in [-0.39, 0.29) is 5.02 Å². The van der Waals surface area contributed by atoms with Crippen molar-refractivity contribution in [2.24, 2.45) is 5.73 Å². The predicted molar refractivity (Wildman–Crippen MR) is 66.8 cm³/mol. The topological polar surface area (TPSA) is 54.7 Å². The van der Waals surface area contributed by atoms with E-state index >= 15 is 0 Å². The Morgan fingerprint density at radius 1 is 1.29 bits per heavy atom. The molecule has 1 aromatic carbocycles. The molecular weight excluding hydrogens is 264 g/mol. The second-order valence-electron chi connectivity index (χ2n) is 3.53. The Morgan fingerprint density at radius 3 is 2.76 bits per heavy atom. The maximum absolute atomic E-state index is 13.4. The fourth-order valence-corrected chi connectivity index (χ4v) is 1.98. The van der Waals surface area contributed by atoms with Gasteiger partial charge in [0, 0.05) is 12.0 Å². The lowest BCUT2D eigenvalue weighted by molar-refractivity contribution is 0.628. The van der Waals surface area contributed by atoms with Crippen LogP contribution >= 0.6 is 23.2 Å². The molecule has 0 aliphatic carbocycles. The van der Waals surface area contributed by atoms with Crippen LogP contribution in [0.25, 0.3) is 11.3 Å². The molecule has 6 heteroatoms. The lowest BCUT2D eigenvalue weighted by Crippen LogP contribution is -2.03. The van der Waals surface area contributed by atoms with E-state index in [2.05, 4.69) is 9.97 Å². The molecule has 2 rings (SSSR count). The summed E-state index contributed by atoms with van der Waals surface area (Å²) in [4.78, 5) is 7.16. The highest BCUT2D eigenvalue weighted by atomic mass is 35.5. The van der Waals surface area contributed by atoms with Crippen LogP contribution in [0.1, 0.15) is 5.82 Å². The van der Waals surface area contributed by atoms with E-state index in [1.54, 1.807) is 6.20 Å². The van der Waals surface area contributed by atoms with Crippen molar-refractivity contribution in [2.45, 2.75) is 6.42 Å². The van der Waals surface area contributed by atoms with Gasteiger partial charge in [-0.25, -0.2) is 9.37 Å². The molecule has 2 aromatic rings. The molecule has 1 heterocycles. The SMILES string of the molecule is NCCc1ncc(-c2cc(F)c(Cl)cc2Cl)[nH]1. The van der Waals surface area contributed by atoms with E-state index in [1.165, 1.54) is 12.1 Å². The summed E-state index contributed by atoms with van der Waals surface area (Å²) in [6.07, 6.45) is 2.23. The van der Waals surface area contributed by atoms with Crippen LogP contribution in [0.3, 0.4) is 0 Å². The Hall–Kier alpha value is -1.10. The maximum atomic E-state index is 13.4. The largest absolute Gasteiger partial charge is 0.342 e. The smallest absolute Gasteiger partial charge is 0.142 e. The van der Waals surface area contributed by atoms with Gasteiger partial charge in [-0.05, 0) is 18.7 Å². The second-order valence-corrected chi connectivity index (χ2v) is 4.34. The molecule has 1 aromatic heterocycles. The Balaban J connectivity index is 2.41. The van der Waals surface area contributed by atoms with Gasteiger partial charge < -0.3 is 10.7 Å². The number of hydrogen-bond acceptors (Lipinski definition) is 2. The van der Waals surface area contributed by atoms with Crippen molar-refractivity contribution < 1.29 is 4.39 Å². The lowest BCUT2D eigenvalue weighted by atomic mass is 10.1. The number of hydrogen-bond donors (Lipinski definition) is 2. The Labute approximate surface area is 108 Å². The molecule has 0 aliphatic rings. The number of aromatic nitrogens is 2. The first-order valence-electron chi connectivity index (χ1n) is 5.00. The van der Waals surface area contributed by atoms with Crippen LogP contribution in [0, 0.1) is 5.82 Å². The first kappa shape index (κ1) is 12.4. The normalized spacial score (nSPS) is 10.8. The van der Waals surface area contributed by atoms with Crippen molar-refractivity contribution in [1.82, 2.24) is 9.97 Å². The minimum absolute atomic E-state index is 0.000414. The van der Waals surface area contributed by atoms with E-state index in [9.17, 15) is 4.39 Å². The van der Waals surface area contributed by atoms with E-state index in [1.807, 2.05) is 0 Å². The summed E-state index contributed by atoms with van der Waals surface area (Å²) in [7, 11) is 0. The van der Waals surface area contributed by atoms with Crippen LogP contribution in [-0.4, -0.2) is 16.5 Å². The van der Waals surface area contributed by atoms with Gasteiger partial charge in [0.15, 0.2) is 0 Å². The third-order valence-corrected chi connectivity index (χ3v) is 2.91. The van der Waals surface area contributed by atoms with Gasteiger partial charge in [-0.3, -0.25) is 0 Å². The van der Waals surface area contributed by atoms with Crippen molar-refractivity contribution in [2.75, 3.05) is 6.54 Å². The molecular formula is C11H10Cl2FN3. The number of nitrogens with one attached hydrogen (secondary N) is 1. The summed E-state index contributed by atoms with van der Waals surface area (Å²) >= 11 is 11.6. The first-order valence-corrected chi connectivity index (χ1v) is 5.76. The molecule has 0 spiro atoms. The average Bonchev–Trinajstić information content (AvgIpc) is 2.72. The fraction of sp³-hybridized carbons (Fsp3) is 0.182. The number of benzene rings is 1. The van der Waals surface area contributed by atoms with Gasteiger partial charge in [0.1, 0.15) is 11.6 Å². The number of H-pyrrole nitrogens is 1. The van der Waals surface area contributed by atoms with Gasteiger partial charge >= 0.3 is 0 Å². The zero-order valence-electron chi connectivity index (χ0n) is 8.80. The molecule has 0 bridgehead atoms. The van der Waals surface area contributed by atoms with Gasteiger partial charge in [0.05, 0.1) is 21.9 Å². The molecule has 0 atom stereocenters. The Bertz CT molecular complexity index is 540. The van der Waals surface area contributed by atoms with Crippen LogP contribution in [0.15, 0.2) is 18.3 Å². The highest BCUT2D eigenvalue weighted by Gasteiger charge is 2.11. The number of nitrogens with two attached hydrogens (primary N) is 1. The third kappa shape index (κ3) is 2.60. The standard InChI is InChI=1S/C11H10Cl2FN3/c12-7-4-8(13)9(14)3-6(7)10-5-16-11(17-10)1-2-15/h3-5H,1-2,15H2,(H,16,17). The molecule has 0 radical (unpaired) electrons. The van der Waals surface area contributed by atoms with Crippen LogP contribution in [0.2, 0.25) is 10.0 Å². The minimum Gasteiger partial charge on any atom is -0.342 e. The second kappa shape index (κ2) is 5.04. The lowest BCUT2D eigenvalue weighted by Gasteiger charge is -2.03. The van der Waals surface area contributed by atoms with Gasteiger partial charge in [-0.15, -0.1) is 0 Å². The van der Waals surface area contributed by atoms with Crippen molar-refractivity contribution in [3.8, 4) is 11.3 Å². The average molecular weight is 274 g/mol. The third-order valence-electron chi connectivity index (χ3n) is 2.31. The van der Waals surface area contributed by atoms with E-state index in [4.69, 9.17) is 28.9 Å². The molecule has 3 N–H and O–H groups in total. The van der Waals surface area contributed by atoms with Crippen molar-refractivity contribution in [3.63, 3.8) is 0 Å². The van der Waals surface area contributed by atoms with Gasteiger partial charge in [0.2, 0.25) is 0 Å². The molecule has 90 valence electrons. The van der Waals surface area contributed by atoms with Crippen LogP contribution in [-0.2, 0) is 6.42 Å². The first-order chi connectivity index (χ1) is 8.11. The summed E-state index contributed by atoms with van der Waals surface area (Å²) in [5.41, 5.74) is 6.60. The number of nitrogens with zero attached hydrogens (tertiary/aromatic N) is 1. The molecule has 0 saturated heterocycles. The quantitative estimate of drug-likeness (QED) is 0.845. The predicted octanol–water partition coefficient (Wildman–Crippen LogP) is 3.02. The van der Waals surface area contributed by atoms with E-state index < -0.39 is 5.82 Å². The van der Waals surface area contributed by atoms with Gasteiger partial charge in [-0.2, -0.15) is 0 Å². The molecule has 0 amide bonds. The summed E-state index contributed by atoms with van der Waals surface area (Å²) in [6, 6.07) is 2.65. The van der Waals surface area contributed by atoms with Crippen molar-refractivity contribution >= 4 is 23.2 Å². The van der Waals surface area contributed by atoms with Crippen LogP contribution in [0.4, 0.5) is 4.39 Å². The summed E-state index contributed by atoms with van der Waals surface area (Å²) in [5, 5.41) is 0.375. The minimum atomic E-state index is -0.513. The molecule has 0 saturated carbocycles. The van der Waals surface area contributed by atoms with Crippen molar-refractivity contribution in [1.29, 1.82) is 0 Å². The highest BCUT2D eigenvalue weighted by molar-refractivity contribution is 6.36. The number of rotatable bonds is 3. The zero-order valence-corrected chi connectivity index (χ0v) is 10.3. The Morgan fingerprint density at radius 2 is 2.06 bits per heavy atom. The van der Waals surface area contributed by atoms with Crippen LogP contribution in [0.5, 0.6) is 0 Å². The van der Waals surface area contributed by atoms with Crippen molar-refractivity contribution in [3.05, 3.63) is 40.0 Å².